The molecule has 21 heavy (non-hydrogen) atoms. The average Bonchev–Trinajstić information content (AvgIpc) is 2.52. The molecule has 2 heterocycles. The zero-order chi connectivity index (χ0) is 14.4. The second-order valence-electron chi connectivity index (χ2n) is 4.71. The van der Waals surface area contributed by atoms with E-state index in [4.69, 9.17) is 0 Å². The van der Waals surface area contributed by atoms with E-state index in [9.17, 15) is 9.90 Å². The molecule has 2 aromatic carbocycles. The lowest BCUT2D eigenvalue weighted by Gasteiger charge is -2.05. The van der Waals surface area contributed by atoms with Gasteiger partial charge in [0.1, 0.15) is 11.0 Å². The first-order valence-corrected chi connectivity index (χ1v) is 6.41. The summed E-state index contributed by atoms with van der Waals surface area (Å²) in [5.74, 6) is -1.01. The Morgan fingerprint density at radius 1 is 0.857 bits per heavy atom. The van der Waals surface area contributed by atoms with Gasteiger partial charge < -0.3 is 5.11 Å². The molecular weight excluding hydrogens is 266 g/mol. The number of para-hydroxylation sites is 1. The fourth-order valence-corrected chi connectivity index (χ4v) is 2.47. The van der Waals surface area contributed by atoms with E-state index in [0.29, 0.717) is 22.1 Å². The van der Waals surface area contributed by atoms with Crippen molar-refractivity contribution in [1.29, 1.82) is 0 Å². The highest BCUT2D eigenvalue weighted by Gasteiger charge is 2.13. The van der Waals surface area contributed by atoms with Crippen molar-refractivity contribution in [2.24, 2.45) is 0 Å². The number of aromatic nitrogens is 3. The van der Waals surface area contributed by atoms with Crippen LogP contribution in [-0.2, 0) is 0 Å². The van der Waals surface area contributed by atoms with E-state index < -0.39 is 5.97 Å². The van der Waals surface area contributed by atoms with E-state index in [1.165, 1.54) is 6.07 Å². The van der Waals surface area contributed by atoms with Crippen molar-refractivity contribution in [2.45, 2.75) is 0 Å². The van der Waals surface area contributed by atoms with Crippen LogP contribution in [0.25, 0.3) is 33.0 Å². The van der Waals surface area contributed by atoms with Crippen LogP contribution >= 0.6 is 0 Å². The Labute approximate surface area is 118 Å². The maximum atomic E-state index is 11.3. The minimum Gasteiger partial charge on any atom is -0.478 e. The number of nitrogens with zero attached hydrogens (tertiary/aromatic N) is 3. The molecule has 5 nitrogen and oxygen atoms in total. The van der Waals surface area contributed by atoms with Crippen molar-refractivity contribution in [3.8, 4) is 0 Å². The maximum absolute atomic E-state index is 11.3. The first-order chi connectivity index (χ1) is 10.2. The number of hydrogen-bond acceptors (Lipinski definition) is 4. The second kappa shape index (κ2) is 4.21. The van der Waals surface area contributed by atoms with Gasteiger partial charge in [-0.1, -0.05) is 18.2 Å². The monoisotopic (exact) mass is 275 g/mol. The maximum Gasteiger partial charge on any atom is 0.337 e. The van der Waals surface area contributed by atoms with E-state index in [0.717, 1.165) is 10.9 Å². The molecule has 0 bridgehead atoms. The van der Waals surface area contributed by atoms with Crippen LogP contribution in [0.1, 0.15) is 10.4 Å². The smallest absolute Gasteiger partial charge is 0.337 e. The predicted molar refractivity (Wildman–Crippen MR) is 79.3 cm³/mol. The van der Waals surface area contributed by atoms with Crippen LogP contribution in [0.3, 0.4) is 0 Å². The first kappa shape index (κ1) is 11.7. The van der Waals surface area contributed by atoms with E-state index >= 15 is 0 Å². The van der Waals surface area contributed by atoms with Gasteiger partial charge in [-0.2, -0.15) is 0 Å². The van der Waals surface area contributed by atoms with Crippen LogP contribution in [0.5, 0.6) is 0 Å². The Bertz CT molecular complexity index is 1030. The number of carbonyl (C=O) groups is 1. The van der Waals surface area contributed by atoms with Gasteiger partial charge in [0.15, 0.2) is 0 Å². The van der Waals surface area contributed by atoms with Gasteiger partial charge >= 0.3 is 5.97 Å². The van der Waals surface area contributed by atoms with Crippen molar-refractivity contribution in [1.82, 2.24) is 15.0 Å². The van der Waals surface area contributed by atoms with Gasteiger partial charge in [0.25, 0.3) is 0 Å². The number of hydrogen-bond donors (Lipinski definition) is 1. The molecule has 100 valence electrons. The van der Waals surface area contributed by atoms with Crippen molar-refractivity contribution in [3.63, 3.8) is 0 Å². The lowest BCUT2D eigenvalue weighted by Crippen LogP contribution is -2.00. The van der Waals surface area contributed by atoms with E-state index in [2.05, 4.69) is 15.0 Å². The molecule has 0 amide bonds. The van der Waals surface area contributed by atoms with Crippen LogP contribution in [-0.4, -0.2) is 26.0 Å². The number of carboxylic acid groups (broad SMARTS) is 1. The Morgan fingerprint density at radius 2 is 1.71 bits per heavy atom. The molecule has 0 radical (unpaired) electrons. The number of carboxylic acids is 1. The lowest BCUT2D eigenvalue weighted by atomic mass is 10.1. The number of rotatable bonds is 1. The SMILES string of the molecule is O=C(O)c1cccc2nc3ccc4cccnc4c3nc12. The summed E-state index contributed by atoms with van der Waals surface area (Å²) in [6.07, 6.45) is 1.69. The Kier molecular flexibility index (Phi) is 2.35. The fourth-order valence-electron chi connectivity index (χ4n) is 2.47. The molecule has 4 aromatic rings. The molecule has 0 aliphatic carbocycles. The summed E-state index contributed by atoms with van der Waals surface area (Å²) in [6, 6.07) is 12.6. The van der Waals surface area contributed by atoms with Gasteiger partial charge in [-0.05, 0) is 24.3 Å². The van der Waals surface area contributed by atoms with Crippen LogP contribution in [0.4, 0.5) is 0 Å². The summed E-state index contributed by atoms with van der Waals surface area (Å²) in [7, 11) is 0. The third-order valence-electron chi connectivity index (χ3n) is 3.44. The fraction of sp³-hybridized carbons (Fsp3) is 0. The molecule has 0 unspecified atom stereocenters. The molecule has 0 spiro atoms. The zero-order valence-electron chi connectivity index (χ0n) is 10.8. The molecule has 0 aliphatic heterocycles. The molecule has 0 saturated heterocycles. The van der Waals surface area contributed by atoms with E-state index in [1.54, 1.807) is 18.3 Å². The minimum absolute atomic E-state index is 0.148. The molecule has 0 fully saturated rings. The highest BCUT2D eigenvalue weighted by molar-refractivity contribution is 6.07. The highest BCUT2D eigenvalue weighted by Crippen LogP contribution is 2.24. The number of aromatic carboxylic acids is 1. The predicted octanol–water partition coefficient (Wildman–Crippen LogP) is 3.03. The molecule has 0 atom stereocenters. The molecule has 0 aliphatic rings. The third-order valence-corrected chi connectivity index (χ3v) is 3.44. The van der Waals surface area contributed by atoms with Gasteiger partial charge in [-0.3, -0.25) is 4.98 Å². The number of pyridine rings is 1. The standard InChI is InChI=1S/C16H9N3O2/c20-16(21)10-4-1-5-11-14(10)19-15-12(18-11)7-6-9-3-2-8-17-13(9)15/h1-8H,(H,20,21). The molecular formula is C16H9N3O2. The van der Waals surface area contributed by atoms with Gasteiger partial charge in [-0.25, -0.2) is 14.8 Å². The zero-order valence-corrected chi connectivity index (χ0v) is 10.8. The quantitative estimate of drug-likeness (QED) is 0.427. The molecule has 5 heteroatoms. The van der Waals surface area contributed by atoms with Gasteiger partial charge in [0.05, 0.1) is 22.1 Å². The van der Waals surface area contributed by atoms with Crippen LogP contribution in [0, 0.1) is 0 Å². The lowest BCUT2D eigenvalue weighted by molar-refractivity contribution is 0.0699. The summed E-state index contributed by atoms with van der Waals surface area (Å²) in [6.45, 7) is 0. The summed E-state index contributed by atoms with van der Waals surface area (Å²) in [5.41, 5.74) is 3.15. The van der Waals surface area contributed by atoms with Crippen molar-refractivity contribution >= 4 is 38.9 Å². The van der Waals surface area contributed by atoms with Crippen molar-refractivity contribution in [2.75, 3.05) is 0 Å². The topological polar surface area (TPSA) is 76.0 Å². The Morgan fingerprint density at radius 3 is 2.57 bits per heavy atom. The molecule has 1 N–H and O–H groups in total. The highest BCUT2D eigenvalue weighted by atomic mass is 16.4. The van der Waals surface area contributed by atoms with Crippen LogP contribution in [0.2, 0.25) is 0 Å². The van der Waals surface area contributed by atoms with Crippen molar-refractivity contribution < 1.29 is 9.90 Å². The van der Waals surface area contributed by atoms with Gasteiger partial charge in [0, 0.05) is 11.6 Å². The Hall–Kier alpha value is -3.08. The van der Waals surface area contributed by atoms with Gasteiger partial charge in [0.2, 0.25) is 0 Å². The van der Waals surface area contributed by atoms with Crippen LogP contribution in [0.15, 0.2) is 48.7 Å². The normalized spacial score (nSPS) is 11.2. The van der Waals surface area contributed by atoms with E-state index in [1.807, 2.05) is 24.3 Å². The average molecular weight is 275 g/mol. The number of benzene rings is 2. The summed E-state index contributed by atoms with van der Waals surface area (Å²) in [4.78, 5) is 24.7. The second-order valence-corrected chi connectivity index (χ2v) is 4.71. The van der Waals surface area contributed by atoms with Crippen molar-refractivity contribution in [3.05, 3.63) is 54.2 Å². The summed E-state index contributed by atoms with van der Waals surface area (Å²) in [5, 5.41) is 10.2. The minimum atomic E-state index is -1.01. The largest absolute Gasteiger partial charge is 0.478 e. The molecule has 2 aromatic heterocycles. The molecule has 0 saturated carbocycles. The number of fused-ring (bicyclic) bond motifs is 4. The third kappa shape index (κ3) is 1.71. The Balaban J connectivity index is 2.23. The van der Waals surface area contributed by atoms with Gasteiger partial charge in [-0.15, -0.1) is 0 Å². The van der Waals surface area contributed by atoms with Crippen LogP contribution < -0.4 is 0 Å². The molecule has 4 rings (SSSR count). The first-order valence-electron chi connectivity index (χ1n) is 6.41. The van der Waals surface area contributed by atoms with E-state index in [-0.39, 0.29) is 5.56 Å². The summed E-state index contributed by atoms with van der Waals surface area (Å²) < 4.78 is 0. The summed E-state index contributed by atoms with van der Waals surface area (Å²) >= 11 is 0.